The Balaban J connectivity index is 1.50. The molecule has 0 radical (unpaired) electrons. The summed E-state index contributed by atoms with van der Waals surface area (Å²) in [4.78, 5) is 4.76. The lowest BCUT2D eigenvalue weighted by Gasteiger charge is -2.32. The molecule has 0 atom stereocenters. The second-order valence-corrected chi connectivity index (χ2v) is 11.8. The van der Waals surface area contributed by atoms with Gasteiger partial charge in [-0.1, -0.05) is 146 Å². The first kappa shape index (κ1) is 28.4. The van der Waals surface area contributed by atoms with Crippen LogP contribution in [0.1, 0.15) is 0 Å². The van der Waals surface area contributed by atoms with E-state index < -0.39 is 0 Å². The number of nitrogens with zero attached hydrogens (tertiary/aromatic N) is 2. The molecule has 2 heteroatoms. The standard InChI is InChI=1S/C45H34N2/c1-46(36-21-7-3-8-22-36)42-31-29-34-19-11-13-26-39(34)44(42)45-40-27-14-12-20-35(40)30-32-43(45)47(37-23-9-4-10-24-37)41-28-16-15-25-38(41)33-17-5-2-6-18-33/h2-32H,1H3. The second-order valence-electron chi connectivity index (χ2n) is 11.8. The van der Waals surface area contributed by atoms with Crippen LogP contribution in [0.4, 0.5) is 28.4 Å². The summed E-state index contributed by atoms with van der Waals surface area (Å²) in [5.41, 5.74) is 10.4. The first-order valence-corrected chi connectivity index (χ1v) is 16.1. The number of benzene rings is 8. The van der Waals surface area contributed by atoms with Crippen LogP contribution in [-0.2, 0) is 0 Å². The molecule has 0 unspecified atom stereocenters. The molecule has 0 amide bonds. The Morgan fingerprint density at radius 2 is 0.809 bits per heavy atom. The van der Waals surface area contributed by atoms with Crippen molar-refractivity contribution >= 4 is 50.0 Å². The van der Waals surface area contributed by atoms with Gasteiger partial charge in [0.1, 0.15) is 0 Å². The van der Waals surface area contributed by atoms with Gasteiger partial charge < -0.3 is 9.80 Å². The molecule has 8 aromatic carbocycles. The van der Waals surface area contributed by atoms with Crippen LogP contribution in [0.5, 0.6) is 0 Å². The lowest BCUT2D eigenvalue weighted by Crippen LogP contribution is -2.14. The molecule has 0 aliphatic carbocycles. The maximum Gasteiger partial charge on any atom is 0.0547 e. The number of fused-ring (bicyclic) bond motifs is 2. The topological polar surface area (TPSA) is 6.48 Å². The average molecular weight is 603 g/mol. The Hall–Kier alpha value is -6.12. The van der Waals surface area contributed by atoms with Crippen molar-refractivity contribution in [3.8, 4) is 22.3 Å². The highest BCUT2D eigenvalue weighted by Gasteiger charge is 2.25. The third kappa shape index (κ3) is 5.20. The van der Waals surface area contributed by atoms with Gasteiger partial charge in [-0.15, -0.1) is 0 Å². The van der Waals surface area contributed by atoms with Crippen LogP contribution in [0.2, 0.25) is 0 Å². The third-order valence-corrected chi connectivity index (χ3v) is 9.05. The van der Waals surface area contributed by atoms with Gasteiger partial charge in [-0.05, 0) is 69.6 Å². The Labute approximate surface area is 276 Å². The molecule has 0 heterocycles. The maximum absolute atomic E-state index is 2.44. The minimum atomic E-state index is 1.10. The van der Waals surface area contributed by atoms with Crippen LogP contribution in [0.25, 0.3) is 43.8 Å². The van der Waals surface area contributed by atoms with Crippen LogP contribution in [0.15, 0.2) is 188 Å². The minimum Gasteiger partial charge on any atom is -0.344 e. The van der Waals surface area contributed by atoms with Crippen molar-refractivity contribution in [1.82, 2.24) is 0 Å². The molecule has 0 aliphatic heterocycles. The fourth-order valence-electron chi connectivity index (χ4n) is 6.82. The fraction of sp³-hybridized carbons (Fsp3) is 0.0222. The summed E-state index contributed by atoms with van der Waals surface area (Å²) in [6.07, 6.45) is 0. The van der Waals surface area contributed by atoms with Crippen LogP contribution in [0, 0.1) is 0 Å². The summed E-state index contributed by atoms with van der Waals surface area (Å²) in [7, 11) is 2.17. The van der Waals surface area contributed by atoms with E-state index in [1.54, 1.807) is 0 Å². The van der Waals surface area contributed by atoms with Gasteiger partial charge in [-0.25, -0.2) is 0 Å². The van der Waals surface area contributed by atoms with Gasteiger partial charge in [0.05, 0.1) is 11.4 Å². The first-order valence-electron chi connectivity index (χ1n) is 16.1. The lowest BCUT2D eigenvalue weighted by atomic mass is 9.89. The fourth-order valence-corrected chi connectivity index (χ4v) is 6.82. The van der Waals surface area contributed by atoms with E-state index >= 15 is 0 Å². The SMILES string of the molecule is CN(c1ccccc1)c1ccc2ccccc2c1-c1c(N(c2ccccc2)c2ccccc2-c2ccccc2)ccc2ccccc12. The molecule has 8 rings (SSSR count). The number of hydrogen-bond donors (Lipinski definition) is 0. The summed E-state index contributed by atoms with van der Waals surface area (Å²) in [5.74, 6) is 0. The largest absolute Gasteiger partial charge is 0.344 e. The van der Waals surface area contributed by atoms with Crippen LogP contribution < -0.4 is 9.80 Å². The molecule has 0 aromatic heterocycles. The van der Waals surface area contributed by atoms with Crippen LogP contribution in [0.3, 0.4) is 0 Å². The van der Waals surface area contributed by atoms with E-state index in [2.05, 4.69) is 205 Å². The second kappa shape index (κ2) is 12.3. The van der Waals surface area contributed by atoms with Crippen molar-refractivity contribution in [2.45, 2.75) is 0 Å². The quantitative estimate of drug-likeness (QED) is 0.179. The molecule has 0 saturated carbocycles. The normalized spacial score (nSPS) is 11.1. The highest BCUT2D eigenvalue weighted by Crippen LogP contribution is 2.51. The van der Waals surface area contributed by atoms with Crippen LogP contribution >= 0.6 is 0 Å². The molecule has 0 aliphatic rings. The van der Waals surface area contributed by atoms with E-state index in [0.717, 1.165) is 28.4 Å². The van der Waals surface area contributed by atoms with Crippen molar-refractivity contribution in [2.75, 3.05) is 16.8 Å². The summed E-state index contributed by atoms with van der Waals surface area (Å²) < 4.78 is 0. The molecular formula is C45H34N2. The van der Waals surface area contributed by atoms with E-state index in [-0.39, 0.29) is 0 Å². The van der Waals surface area contributed by atoms with Gasteiger partial charge in [-0.2, -0.15) is 0 Å². The summed E-state index contributed by atoms with van der Waals surface area (Å²) >= 11 is 0. The van der Waals surface area contributed by atoms with E-state index in [1.807, 2.05) is 0 Å². The molecule has 0 saturated heterocycles. The summed E-state index contributed by atoms with van der Waals surface area (Å²) in [5, 5.41) is 4.84. The molecule has 0 bridgehead atoms. The average Bonchev–Trinajstić information content (AvgIpc) is 3.15. The molecule has 0 spiro atoms. The molecule has 0 fully saturated rings. The van der Waals surface area contributed by atoms with Crippen molar-refractivity contribution < 1.29 is 0 Å². The predicted octanol–water partition coefficient (Wildman–Crippen LogP) is 12.6. The number of anilines is 5. The Morgan fingerprint density at radius 1 is 0.340 bits per heavy atom. The first-order chi connectivity index (χ1) is 23.3. The third-order valence-electron chi connectivity index (χ3n) is 9.05. The Kier molecular flexibility index (Phi) is 7.45. The molecular weight excluding hydrogens is 569 g/mol. The monoisotopic (exact) mass is 602 g/mol. The molecule has 47 heavy (non-hydrogen) atoms. The molecule has 8 aromatic rings. The molecule has 0 N–H and O–H groups in total. The zero-order chi connectivity index (χ0) is 31.6. The smallest absolute Gasteiger partial charge is 0.0547 e. The van der Waals surface area contributed by atoms with E-state index in [0.29, 0.717) is 0 Å². The van der Waals surface area contributed by atoms with Crippen molar-refractivity contribution in [3.63, 3.8) is 0 Å². The van der Waals surface area contributed by atoms with Crippen molar-refractivity contribution in [2.24, 2.45) is 0 Å². The van der Waals surface area contributed by atoms with Crippen LogP contribution in [-0.4, -0.2) is 7.05 Å². The Bertz CT molecular complexity index is 2310. The number of hydrogen-bond acceptors (Lipinski definition) is 2. The van der Waals surface area contributed by atoms with Gasteiger partial charge in [0.2, 0.25) is 0 Å². The lowest BCUT2D eigenvalue weighted by molar-refractivity contribution is 1.21. The van der Waals surface area contributed by atoms with Gasteiger partial charge in [0.25, 0.3) is 0 Å². The van der Waals surface area contributed by atoms with Gasteiger partial charge in [0.15, 0.2) is 0 Å². The summed E-state index contributed by atoms with van der Waals surface area (Å²) in [6.45, 7) is 0. The highest BCUT2D eigenvalue weighted by molar-refractivity contribution is 6.15. The zero-order valence-electron chi connectivity index (χ0n) is 26.3. The van der Waals surface area contributed by atoms with E-state index in [4.69, 9.17) is 0 Å². The summed E-state index contributed by atoms with van der Waals surface area (Å²) in [6, 6.07) is 67.5. The van der Waals surface area contributed by atoms with Gasteiger partial charge in [0, 0.05) is 40.8 Å². The number of rotatable bonds is 7. The maximum atomic E-state index is 2.44. The van der Waals surface area contributed by atoms with E-state index in [9.17, 15) is 0 Å². The molecule has 2 nitrogen and oxygen atoms in total. The number of para-hydroxylation sites is 3. The Morgan fingerprint density at radius 3 is 1.45 bits per heavy atom. The van der Waals surface area contributed by atoms with Crippen molar-refractivity contribution in [1.29, 1.82) is 0 Å². The molecule has 224 valence electrons. The zero-order valence-corrected chi connectivity index (χ0v) is 26.3. The van der Waals surface area contributed by atoms with Gasteiger partial charge in [-0.3, -0.25) is 0 Å². The minimum absolute atomic E-state index is 1.10. The van der Waals surface area contributed by atoms with Crippen molar-refractivity contribution in [3.05, 3.63) is 188 Å². The van der Waals surface area contributed by atoms with E-state index in [1.165, 1.54) is 43.8 Å². The van der Waals surface area contributed by atoms with Gasteiger partial charge >= 0.3 is 0 Å². The predicted molar refractivity (Wildman–Crippen MR) is 202 cm³/mol. The highest BCUT2D eigenvalue weighted by atomic mass is 15.2.